The van der Waals surface area contributed by atoms with Crippen LogP contribution in [0, 0.1) is 13.8 Å². The number of rotatable bonds is 8. The molecule has 0 radical (unpaired) electrons. The molecule has 0 spiro atoms. The second kappa shape index (κ2) is 10.8. The molecule has 184 valence electrons. The topological polar surface area (TPSA) is 60.3 Å². The third-order valence-electron chi connectivity index (χ3n) is 5.90. The minimum absolute atomic E-state index is 0.0852. The SMILES string of the molecule is C=C/C=C(/c1cc(C)nc2c(OCc3c(Cl)cncc3Cn3cc(C)ccc3=O)cccc12)N(C)C. The molecule has 0 atom stereocenters. The van der Waals surface area contributed by atoms with Gasteiger partial charge in [0.05, 0.1) is 11.6 Å². The van der Waals surface area contributed by atoms with Gasteiger partial charge in [-0.1, -0.05) is 42.5 Å². The summed E-state index contributed by atoms with van der Waals surface area (Å²) in [5.74, 6) is 0.653. The van der Waals surface area contributed by atoms with Gasteiger partial charge >= 0.3 is 0 Å². The van der Waals surface area contributed by atoms with E-state index in [1.165, 1.54) is 0 Å². The summed E-state index contributed by atoms with van der Waals surface area (Å²) in [5.41, 5.74) is 6.25. The van der Waals surface area contributed by atoms with Crippen molar-refractivity contribution in [2.24, 2.45) is 0 Å². The summed E-state index contributed by atoms with van der Waals surface area (Å²) < 4.78 is 7.96. The highest BCUT2D eigenvalue weighted by Gasteiger charge is 2.15. The highest BCUT2D eigenvalue weighted by Crippen LogP contribution is 2.32. The summed E-state index contributed by atoms with van der Waals surface area (Å²) in [4.78, 5) is 23.5. The van der Waals surface area contributed by atoms with E-state index < -0.39 is 0 Å². The van der Waals surface area contributed by atoms with Crippen molar-refractivity contribution in [1.29, 1.82) is 0 Å². The number of aryl methyl sites for hydroxylation is 2. The van der Waals surface area contributed by atoms with Crippen LogP contribution >= 0.6 is 11.6 Å². The van der Waals surface area contributed by atoms with Crippen molar-refractivity contribution in [3.8, 4) is 5.75 Å². The van der Waals surface area contributed by atoms with Crippen molar-refractivity contribution in [1.82, 2.24) is 19.4 Å². The zero-order chi connectivity index (χ0) is 25.8. The number of para-hydroxylation sites is 1. The Hall–Kier alpha value is -3.90. The van der Waals surface area contributed by atoms with Gasteiger partial charge in [0.2, 0.25) is 0 Å². The minimum atomic E-state index is -0.0852. The fourth-order valence-corrected chi connectivity index (χ4v) is 4.41. The first kappa shape index (κ1) is 25.2. The summed E-state index contributed by atoms with van der Waals surface area (Å²) in [6, 6.07) is 11.3. The smallest absolute Gasteiger partial charge is 0.250 e. The van der Waals surface area contributed by atoms with Crippen molar-refractivity contribution >= 4 is 28.2 Å². The molecule has 0 saturated heterocycles. The van der Waals surface area contributed by atoms with E-state index >= 15 is 0 Å². The Balaban J connectivity index is 1.72. The zero-order valence-electron chi connectivity index (χ0n) is 21.0. The van der Waals surface area contributed by atoms with E-state index in [0.717, 1.165) is 44.5 Å². The van der Waals surface area contributed by atoms with Crippen LogP contribution in [0.15, 0.2) is 78.5 Å². The minimum Gasteiger partial charge on any atom is -0.487 e. The lowest BCUT2D eigenvalue weighted by Crippen LogP contribution is -2.20. The quantitative estimate of drug-likeness (QED) is 0.287. The molecule has 0 bridgehead atoms. The molecule has 0 N–H and O–H groups in total. The molecule has 4 rings (SSSR count). The number of fused-ring (bicyclic) bond motifs is 1. The van der Waals surface area contributed by atoms with E-state index in [1.54, 1.807) is 35.2 Å². The molecule has 3 heterocycles. The first-order chi connectivity index (χ1) is 17.3. The summed E-state index contributed by atoms with van der Waals surface area (Å²) in [6.07, 6.45) is 8.91. The second-order valence-corrected chi connectivity index (χ2v) is 9.27. The van der Waals surface area contributed by atoms with E-state index in [9.17, 15) is 4.79 Å². The van der Waals surface area contributed by atoms with E-state index in [2.05, 4.69) is 22.5 Å². The Morgan fingerprint density at radius 2 is 2.00 bits per heavy atom. The number of ether oxygens (including phenoxy) is 1. The average Bonchev–Trinajstić information content (AvgIpc) is 2.84. The highest BCUT2D eigenvalue weighted by molar-refractivity contribution is 6.31. The number of allylic oxidation sites excluding steroid dienone is 2. The number of pyridine rings is 3. The first-order valence-corrected chi connectivity index (χ1v) is 12.0. The normalized spacial score (nSPS) is 11.5. The maximum atomic E-state index is 12.4. The molecule has 4 aromatic rings. The fraction of sp³-hybridized carbons (Fsp3) is 0.207. The predicted octanol–water partition coefficient (Wildman–Crippen LogP) is 5.78. The Kier molecular flexibility index (Phi) is 7.55. The molecule has 0 aliphatic rings. The van der Waals surface area contributed by atoms with E-state index in [4.69, 9.17) is 21.3 Å². The van der Waals surface area contributed by atoms with Gasteiger partial charge in [0.15, 0.2) is 0 Å². The third kappa shape index (κ3) is 5.34. The molecule has 0 aliphatic carbocycles. The van der Waals surface area contributed by atoms with Crippen LogP contribution in [0.2, 0.25) is 5.02 Å². The van der Waals surface area contributed by atoms with Crippen LogP contribution in [0.3, 0.4) is 0 Å². The highest BCUT2D eigenvalue weighted by atomic mass is 35.5. The second-order valence-electron chi connectivity index (χ2n) is 8.87. The molecule has 0 aliphatic heterocycles. The van der Waals surface area contributed by atoms with Gasteiger partial charge in [0.25, 0.3) is 5.56 Å². The molecule has 1 aromatic carbocycles. The molecule has 0 unspecified atom stereocenters. The zero-order valence-corrected chi connectivity index (χ0v) is 21.7. The Bertz CT molecular complexity index is 1520. The molecule has 3 aromatic heterocycles. The number of nitrogens with zero attached hydrogens (tertiary/aromatic N) is 4. The van der Waals surface area contributed by atoms with Crippen LogP contribution in [-0.4, -0.2) is 33.5 Å². The molecule has 6 nitrogen and oxygen atoms in total. The van der Waals surface area contributed by atoms with Crippen molar-refractivity contribution in [2.45, 2.75) is 27.0 Å². The van der Waals surface area contributed by atoms with Gasteiger partial charge in [-0.25, -0.2) is 4.98 Å². The van der Waals surface area contributed by atoms with Crippen molar-refractivity contribution in [3.63, 3.8) is 0 Å². The monoisotopic (exact) mass is 500 g/mol. The van der Waals surface area contributed by atoms with Crippen LogP contribution in [0.25, 0.3) is 16.6 Å². The molecular weight excluding hydrogens is 472 g/mol. The Morgan fingerprint density at radius 3 is 2.75 bits per heavy atom. The van der Waals surface area contributed by atoms with E-state index in [1.807, 2.05) is 58.4 Å². The van der Waals surface area contributed by atoms with Crippen LogP contribution in [-0.2, 0) is 13.2 Å². The van der Waals surface area contributed by atoms with E-state index in [0.29, 0.717) is 17.3 Å². The van der Waals surface area contributed by atoms with Crippen LogP contribution in [0.5, 0.6) is 5.75 Å². The average molecular weight is 501 g/mol. The maximum Gasteiger partial charge on any atom is 0.250 e. The van der Waals surface area contributed by atoms with Gasteiger partial charge in [-0.3, -0.25) is 9.78 Å². The van der Waals surface area contributed by atoms with Gasteiger partial charge in [0.1, 0.15) is 17.9 Å². The number of hydrogen-bond donors (Lipinski definition) is 0. The molecule has 0 amide bonds. The van der Waals surface area contributed by atoms with Crippen LogP contribution in [0.1, 0.15) is 27.9 Å². The molecule has 0 saturated carbocycles. The van der Waals surface area contributed by atoms with Crippen LogP contribution < -0.4 is 10.3 Å². The fourth-order valence-electron chi connectivity index (χ4n) is 4.18. The lowest BCUT2D eigenvalue weighted by molar-refractivity contribution is 0.307. The first-order valence-electron chi connectivity index (χ1n) is 11.6. The van der Waals surface area contributed by atoms with Gasteiger partial charge < -0.3 is 14.2 Å². The molecule has 36 heavy (non-hydrogen) atoms. The number of hydrogen-bond acceptors (Lipinski definition) is 5. The number of benzene rings is 1. The van der Waals surface area contributed by atoms with Crippen molar-refractivity contribution < 1.29 is 4.74 Å². The summed E-state index contributed by atoms with van der Waals surface area (Å²) in [5, 5.41) is 1.47. The molecule has 0 fully saturated rings. The number of aromatic nitrogens is 3. The third-order valence-corrected chi connectivity index (χ3v) is 6.23. The lowest BCUT2D eigenvalue weighted by atomic mass is 10.0. The Morgan fingerprint density at radius 1 is 1.19 bits per heavy atom. The van der Waals surface area contributed by atoms with E-state index in [-0.39, 0.29) is 12.2 Å². The van der Waals surface area contributed by atoms with Gasteiger partial charge in [-0.05, 0) is 43.2 Å². The molecular formula is C29H29ClN4O2. The van der Waals surface area contributed by atoms with Crippen molar-refractivity contribution in [3.05, 3.63) is 117 Å². The summed E-state index contributed by atoms with van der Waals surface area (Å²) >= 11 is 6.54. The van der Waals surface area contributed by atoms with Crippen molar-refractivity contribution in [2.75, 3.05) is 14.1 Å². The van der Waals surface area contributed by atoms with Gasteiger partial charge in [0, 0.05) is 66.7 Å². The lowest BCUT2D eigenvalue weighted by Gasteiger charge is -2.20. The maximum absolute atomic E-state index is 12.4. The van der Waals surface area contributed by atoms with Crippen LogP contribution in [0.4, 0.5) is 0 Å². The van der Waals surface area contributed by atoms with Gasteiger partial charge in [-0.15, -0.1) is 0 Å². The summed E-state index contributed by atoms with van der Waals surface area (Å²) in [7, 11) is 4.01. The largest absolute Gasteiger partial charge is 0.487 e. The number of halogens is 1. The molecule has 7 heteroatoms. The predicted molar refractivity (Wildman–Crippen MR) is 146 cm³/mol. The Labute approximate surface area is 216 Å². The van der Waals surface area contributed by atoms with Gasteiger partial charge in [-0.2, -0.15) is 0 Å². The summed E-state index contributed by atoms with van der Waals surface area (Å²) in [6.45, 7) is 8.35. The standard InChI is InChI=1S/C29H29ClN4O2/c1-6-8-26(33(4)5)23-13-20(3)32-29-22(23)9-7-10-27(29)36-18-24-21(14-31-15-25(24)30)17-34-16-19(2)11-12-28(34)35/h6-16H,1,17-18H2,2-5H3/b26-8-.